The van der Waals surface area contributed by atoms with Crippen molar-refractivity contribution < 1.29 is 9.90 Å². The highest BCUT2D eigenvalue weighted by molar-refractivity contribution is 6.37. The van der Waals surface area contributed by atoms with Crippen LogP contribution in [0.25, 0.3) is 22.0 Å². The van der Waals surface area contributed by atoms with Crippen molar-refractivity contribution >= 4 is 39.8 Å². The summed E-state index contributed by atoms with van der Waals surface area (Å²) in [5.41, 5.74) is 5.64. The largest absolute Gasteiger partial charge is 0.476 e. The molecule has 0 aliphatic carbocycles. The van der Waals surface area contributed by atoms with Gasteiger partial charge in [0.05, 0.1) is 16.2 Å². The van der Waals surface area contributed by atoms with Gasteiger partial charge in [-0.05, 0) is 60.9 Å². The number of aryl methyl sites for hydroxylation is 2. The van der Waals surface area contributed by atoms with Crippen molar-refractivity contribution in [2.75, 3.05) is 5.32 Å². The first-order chi connectivity index (χ1) is 14.9. The summed E-state index contributed by atoms with van der Waals surface area (Å²) in [5, 5.41) is 22.6. The number of carboxylic acids is 1. The van der Waals surface area contributed by atoms with Gasteiger partial charge in [-0.3, -0.25) is 0 Å². The summed E-state index contributed by atoms with van der Waals surface area (Å²) < 4.78 is 0. The van der Waals surface area contributed by atoms with E-state index in [1.165, 1.54) is 0 Å². The molecule has 2 N–H and O–H groups in total. The molecule has 4 rings (SSSR count). The van der Waals surface area contributed by atoms with Gasteiger partial charge < -0.3 is 10.4 Å². The number of halogens is 1. The highest BCUT2D eigenvalue weighted by atomic mass is 35.5. The van der Waals surface area contributed by atoms with Gasteiger partial charge in [0, 0.05) is 22.8 Å². The van der Waals surface area contributed by atoms with Crippen molar-refractivity contribution in [1.82, 2.24) is 9.97 Å². The van der Waals surface area contributed by atoms with E-state index in [0.717, 1.165) is 27.9 Å². The van der Waals surface area contributed by atoms with Gasteiger partial charge in [-0.15, -0.1) is 0 Å². The number of carboxylic acid groups (broad SMARTS) is 1. The number of hydrogen-bond donors (Lipinski definition) is 2. The zero-order valence-corrected chi connectivity index (χ0v) is 17.5. The number of nitriles is 1. The van der Waals surface area contributed by atoms with Crippen molar-refractivity contribution in [3.63, 3.8) is 0 Å². The van der Waals surface area contributed by atoms with E-state index in [2.05, 4.69) is 15.3 Å². The summed E-state index contributed by atoms with van der Waals surface area (Å²) in [5.74, 6) is -1.20. The molecule has 0 fully saturated rings. The predicted molar refractivity (Wildman–Crippen MR) is 121 cm³/mol. The van der Waals surface area contributed by atoms with Crippen molar-refractivity contribution in [3.05, 3.63) is 82.3 Å². The molecular weight excluding hydrogens is 412 g/mol. The Balaban J connectivity index is 1.93. The minimum absolute atomic E-state index is 0.0380. The fourth-order valence-corrected chi connectivity index (χ4v) is 3.59. The number of aromatic nitrogens is 2. The van der Waals surface area contributed by atoms with E-state index in [4.69, 9.17) is 16.9 Å². The van der Waals surface area contributed by atoms with Crippen LogP contribution in [0.1, 0.15) is 27.3 Å². The van der Waals surface area contributed by atoms with E-state index in [1.54, 1.807) is 18.3 Å². The number of benzene rings is 2. The van der Waals surface area contributed by atoms with Crippen LogP contribution in [0.4, 0.5) is 11.4 Å². The minimum Gasteiger partial charge on any atom is -0.476 e. The summed E-state index contributed by atoms with van der Waals surface area (Å²) in [6, 6.07) is 16.9. The van der Waals surface area contributed by atoms with Crippen LogP contribution in [0.3, 0.4) is 0 Å². The molecule has 0 saturated carbocycles. The van der Waals surface area contributed by atoms with Crippen molar-refractivity contribution in [1.29, 1.82) is 5.26 Å². The number of pyridine rings is 2. The lowest BCUT2D eigenvalue weighted by Crippen LogP contribution is -2.06. The van der Waals surface area contributed by atoms with E-state index in [0.29, 0.717) is 22.3 Å². The quantitative estimate of drug-likeness (QED) is 0.421. The number of hydrogen-bond acceptors (Lipinski definition) is 5. The van der Waals surface area contributed by atoms with Gasteiger partial charge in [0.1, 0.15) is 11.8 Å². The fraction of sp³-hybridized carbons (Fsp3) is 0.0833. The lowest BCUT2D eigenvalue weighted by Gasteiger charge is -2.16. The van der Waals surface area contributed by atoms with Gasteiger partial charge in [0.25, 0.3) is 0 Å². The number of rotatable bonds is 4. The molecule has 0 radical (unpaired) electrons. The summed E-state index contributed by atoms with van der Waals surface area (Å²) >= 11 is 6.51. The maximum Gasteiger partial charge on any atom is 0.356 e. The van der Waals surface area contributed by atoms with Crippen LogP contribution in [0.2, 0.25) is 5.02 Å². The molecule has 0 aliphatic heterocycles. The molecule has 0 aliphatic rings. The maximum absolute atomic E-state index is 11.7. The van der Waals surface area contributed by atoms with Crippen LogP contribution < -0.4 is 5.32 Å². The first-order valence-corrected chi connectivity index (χ1v) is 9.82. The Hall–Kier alpha value is -3.95. The monoisotopic (exact) mass is 428 g/mol. The molecule has 0 saturated heterocycles. The Morgan fingerprint density at radius 1 is 1.10 bits per heavy atom. The van der Waals surface area contributed by atoms with Crippen LogP contribution >= 0.6 is 11.6 Å². The van der Waals surface area contributed by atoms with E-state index < -0.39 is 5.97 Å². The molecule has 0 spiro atoms. The molecule has 152 valence electrons. The molecule has 7 heteroatoms. The van der Waals surface area contributed by atoms with Crippen molar-refractivity contribution in [2.45, 2.75) is 13.8 Å². The highest BCUT2D eigenvalue weighted by Crippen LogP contribution is 2.37. The average Bonchev–Trinajstić information content (AvgIpc) is 2.77. The third kappa shape index (κ3) is 3.91. The molecule has 2 heterocycles. The van der Waals surface area contributed by atoms with E-state index >= 15 is 0 Å². The smallest absolute Gasteiger partial charge is 0.356 e. The third-order valence-electron chi connectivity index (χ3n) is 4.99. The van der Waals surface area contributed by atoms with Crippen LogP contribution in [0.15, 0.2) is 54.7 Å². The van der Waals surface area contributed by atoms with E-state index in [-0.39, 0.29) is 10.7 Å². The van der Waals surface area contributed by atoms with Crippen molar-refractivity contribution in [3.8, 4) is 17.2 Å². The average molecular weight is 429 g/mol. The summed E-state index contributed by atoms with van der Waals surface area (Å²) in [7, 11) is 0. The van der Waals surface area contributed by atoms with E-state index in [9.17, 15) is 9.90 Å². The van der Waals surface area contributed by atoms with Crippen LogP contribution in [0.5, 0.6) is 0 Å². The van der Waals surface area contributed by atoms with Crippen LogP contribution in [-0.4, -0.2) is 21.0 Å². The molecule has 31 heavy (non-hydrogen) atoms. The number of aromatic carboxylic acids is 1. The first kappa shape index (κ1) is 20.3. The molecule has 0 amide bonds. The Kier molecular flexibility index (Phi) is 5.28. The predicted octanol–water partition coefficient (Wildman–Crippen LogP) is 5.88. The molecule has 0 bridgehead atoms. The van der Waals surface area contributed by atoms with Crippen molar-refractivity contribution in [2.24, 2.45) is 0 Å². The number of nitrogens with one attached hydrogen (secondary N) is 1. The minimum atomic E-state index is -1.20. The maximum atomic E-state index is 11.7. The third-order valence-corrected chi connectivity index (χ3v) is 5.36. The summed E-state index contributed by atoms with van der Waals surface area (Å²) in [6.45, 7) is 3.95. The van der Waals surface area contributed by atoms with Crippen LogP contribution in [0, 0.1) is 25.2 Å². The first-order valence-electron chi connectivity index (χ1n) is 9.44. The fourth-order valence-electron chi connectivity index (χ4n) is 3.32. The Morgan fingerprint density at radius 2 is 1.87 bits per heavy atom. The summed E-state index contributed by atoms with van der Waals surface area (Å²) in [6.07, 6.45) is 1.62. The highest BCUT2D eigenvalue weighted by Gasteiger charge is 2.20. The van der Waals surface area contributed by atoms with Gasteiger partial charge in [0.2, 0.25) is 0 Å². The Labute approximate surface area is 183 Å². The molecule has 6 nitrogen and oxygen atoms in total. The normalized spacial score (nSPS) is 10.6. The van der Waals surface area contributed by atoms with Gasteiger partial charge in [-0.25, -0.2) is 14.8 Å². The second kappa shape index (κ2) is 8.05. The SMILES string of the molecule is Cc1ccc(C)c(Nc2c(Cl)c(C(=O)O)nc3ccc(-c4ccc(C#N)nc4)cc23)c1. The Morgan fingerprint density at radius 3 is 2.55 bits per heavy atom. The topological polar surface area (TPSA) is 98.9 Å². The zero-order valence-electron chi connectivity index (χ0n) is 16.8. The number of nitrogens with zero attached hydrogens (tertiary/aromatic N) is 3. The lowest BCUT2D eigenvalue weighted by molar-refractivity contribution is 0.0691. The summed E-state index contributed by atoms with van der Waals surface area (Å²) in [4.78, 5) is 20.1. The number of fused-ring (bicyclic) bond motifs is 1. The standard InChI is InChI=1S/C24H17ClN4O2/c1-13-3-4-14(2)20(9-13)29-22-18-10-15(16-5-7-17(11-26)27-12-16)6-8-19(18)28-23(21(22)25)24(30)31/h3-10,12H,1-2H3,(H,28,29)(H,30,31). The molecule has 4 aromatic rings. The number of anilines is 2. The Bertz CT molecular complexity index is 1380. The second-order valence-corrected chi connectivity index (χ2v) is 7.55. The number of carbonyl (C=O) groups is 1. The molecule has 2 aromatic carbocycles. The molecule has 0 atom stereocenters. The lowest BCUT2D eigenvalue weighted by atomic mass is 10.0. The van der Waals surface area contributed by atoms with Gasteiger partial charge in [-0.1, -0.05) is 29.8 Å². The zero-order chi connectivity index (χ0) is 22.1. The van der Waals surface area contributed by atoms with Crippen LogP contribution in [-0.2, 0) is 0 Å². The van der Waals surface area contributed by atoms with E-state index in [1.807, 2.05) is 56.3 Å². The van der Waals surface area contributed by atoms with Gasteiger partial charge in [0.15, 0.2) is 5.69 Å². The molecule has 2 aromatic heterocycles. The molecular formula is C24H17ClN4O2. The van der Waals surface area contributed by atoms with Gasteiger partial charge >= 0.3 is 5.97 Å². The van der Waals surface area contributed by atoms with Gasteiger partial charge in [-0.2, -0.15) is 5.26 Å². The molecule has 0 unspecified atom stereocenters. The second-order valence-electron chi connectivity index (χ2n) is 7.17.